The second kappa shape index (κ2) is 11.1. The molecule has 0 saturated carbocycles. The zero-order valence-electron chi connectivity index (χ0n) is 20.8. The molecule has 0 saturated heterocycles. The highest BCUT2D eigenvalue weighted by molar-refractivity contribution is 5.45. The van der Waals surface area contributed by atoms with E-state index in [1.54, 1.807) is 0 Å². The first-order valence-electron chi connectivity index (χ1n) is 10.0. The van der Waals surface area contributed by atoms with Crippen molar-refractivity contribution in [1.82, 2.24) is 24.9 Å². The lowest BCUT2D eigenvalue weighted by molar-refractivity contribution is 0.0444. The number of nitrogens with zero attached hydrogens (tertiary/aromatic N) is 4. The molecule has 0 aliphatic heterocycles. The Morgan fingerprint density at radius 3 is 0.931 bits per heavy atom. The van der Waals surface area contributed by atoms with Gasteiger partial charge in [-0.05, 0) is 84.1 Å². The molecule has 0 radical (unpaired) electrons. The third kappa shape index (κ3) is 5.36. The van der Waals surface area contributed by atoms with Crippen molar-refractivity contribution >= 4 is 0 Å². The topological polar surface area (TPSA) is 77.0 Å². The number of rotatable bonds is 10. The highest BCUT2D eigenvalue weighted by atomic mass is 15.5. The van der Waals surface area contributed by atoms with E-state index in [-0.39, 0.29) is 0 Å². The Hall–Kier alpha value is -1.48. The number of allylic oxidation sites excluding steroid dienone is 4. The first-order valence-corrected chi connectivity index (χ1v) is 10.0. The van der Waals surface area contributed by atoms with Crippen LogP contribution >= 0.6 is 0 Å². The average Bonchev–Trinajstić information content (AvgIpc) is 2.65. The van der Waals surface area contributed by atoms with Crippen LogP contribution in [0.15, 0.2) is 46.8 Å². The summed E-state index contributed by atoms with van der Waals surface area (Å²) in [5, 5.41) is 3.61. The van der Waals surface area contributed by atoms with Gasteiger partial charge in [0.1, 0.15) is 0 Å². The summed E-state index contributed by atoms with van der Waals surface area (Å²) in [6.45, 7) is 8.03. The zero-order valence-corrected chi connectivity index (χ0v) is 20.8. The summed E-state index contributed by atoms with van der Waals surface area (Å²) in [4.78, 5) is 8.02. The number of nitrogens with two attached hydrogens (primary N) is 2. The Kier molecular flexibility index (Phi) is 10.5. The van der Waals surface area contributed by atoms with Gasteiger partial charge in [0.15, 0.2) is 11.6 Å². The maximum Gasteiger partial charge on any atom is 0.153 e. The highest BCUT2D eigenvalue weighted by Crippen LogP contribution is 2.29. The van der Waals surface area contributed by atoms with E-state index in [1.807, 2.05) is 116 Å². The van der Waals surface area contributed by atoms with Gasteiger partial charge in [-0.2, -0.15) is 0 Å². The number of nitrogens with one attached hydrogen (secondary N) is 1. The summed E-state index contributed by atoms with van der Waals surface area (Å²) < 4.78 is 0. The fraction of sp³-hybridized carbons (Fsp3) is 0.636. The van der Waals surface area contributed by atoms with Crippen LogP contribution in [0.5, 0.6) is 0 Å². The molecule has 0 aromatic heterocycles. The van der Waals surface area contributed by atoms with Crippen LogP contribution in [-0.2, 0) is 0 Å². The van der Waals surface area contributed by atoms with Gasteiger partial charge in [0, 0.05) is 22.5 Å². The minimum Gasteiger partial charge on any atom is -0.355 e. The van der Waals surface area contributed by atoms with Gasteiger partial charge in [-0.1, -0.05) is 24.3 Å². The van der Waals surface area contributed by atoms with E-state index in [2.05, 4.69) is 17.5 Å². The molecule has 0 aliphatic rings. The van der Waals surface area contributed by atoms with E-state index in [0.717, 1.165) is 22.5 Å². The third-order valence-electron chi connectivity index (χ3n) is 5.52. The van der Waals surface area contributed by atoms with Crippen molar-refractivity contribution in [2.45, 2.75) is 39.3 Å². The van der Waals surface area contributed by atoms with Crippen LogP contribution in [-0.4, -0.2) is 87.6 Å². The van der Waals surface area contributed by atoms with Crippen molar-refractivity contribution in [3.63, 3.8) is 0 Å². The quantitative estimate of drug-likeness (QED) is 0.376. The van der Waals surface area contributed by atoms with Crippen molar-refractivity contribution in [3.8, 4) is 0 Å². The maximum absolute atomic E-state index is 6.85. The number of hydrogen-bond donors (Lipinski definition) is 3. The molecule has 0 unspecified atom stereocenters. The maximum atomic E-state index is 6.85. The normalized spacial score (nSPS) is 15.9. The Labute approximate surface area is 179 Å². The summed E-state index contributed by atoms with van der Waals surface area (Å²) in [6.07, 6.45) is 8.20. The molecule has 0 atom stereocenters. The van der Waals surface area contributed by atoms with Crippen molar-refractivity contribution in [3.05, 3.63) is 46.8 Å². The Morgan fingerprint density at radius 1 is 0.552 bits per heavy atom. The lowest BCUT2D eigenvalue weighted by Crippen LogP contribution is -2.65. The second-order valence-electron chi connectivity index (χ2n) is 7.96. The van der Waals surface area contributed by atoms with Crippen LogP contribution in [0, 0.1) is 0 Å². The number of hydrogen-bond acceptors (Lipinski definition) is 7. The molecular formula is C22H45N7. The van der Waals surface area contributed by atoms with Gasteiger partial charge in [-0.25, -0.2) is 0 Å². The van der Waals surface area contributed by atoms with Crippen molar-refractivity contribution < 1.29 is 0 Å². The average molecular weight is 408 g/mol. The predicted octanol–water partition coefficient (Wildman–Crippen LogP) is 1.75. The molecule has 7 heteroatoms. The Bertz CT molecular complexity index is 580. The Balaban J connectivity index is 6.36. The van der Waals surface area contributed by atoms with Gasteiger partial charge in [0.25, 0.3) is 0 Å². The van der Waals surface area contributed by atoms with Crippen molar-refractivity contribution in [2.75, 3.05) is 56.4 Å². The second-order valence-corrected chi connectivity index (χ2v) is 7.96. The van der Waals surface area contributed by atoms with E-state index < -0.39 is 11.6 Å². The van der Waals surface area contributed by atoms with E-state index in [0.29, 0.717) is 0 Å². The molecule has 29 heavy (non-hydrogen) atoms. The minimum absolute atomic E-state index is 0.776. The zero-order chi connectivity index (χ0) is 23.2. The molecule has 5 N–H and O–H groups in total. The fourth-order valence-corrected chi connectivity index (χ4v) is 3.63. The Morgan fingerprint density at radius 2 is 0.793 bits per heavy atom. The van der Waals surface area contributed by atoms with Crippen LogP contribution in [0.25, 0.3) is 0 Å². The fourth-order valence-electron chi connectivity index (χ4n) is 3.63. The van der Waals surface area contributed by atoms with Gasteiger partial charge >= 0.3 is 0 Å². The molecule has 0 aromatic rings. The lowest BCUT2D eigenvalue weighted by Gasteiger charge is -2.46. The molecule has 0 rings (SSSR count). The first-order chi connectivity index (χ1) is 13.3. The van der Waals surface area contributed by atoms with Crippen LogP contribution in [0.2, 0.25) is 0 Å². The van der Waals surface area contributed by atoms with Crippen LogP contribution < -0.4 is 16.8 Å². The molecule has 0 bridgehead atoms. The van der Waals surface area contributed by atoms with E-state index in [1.165, 1.54) is 0 Å². The third-order valence-corrected chi connectivity index (χ3v) is 5.52. The summed E-state index contributed by atoms with van der Waals surface area (Å²) in [5.74, 6) is -1.55. The highest BCUT2D eigenvalue weighted by Gasteiger charge is 2.39. The molecule has 168 valence electrons. The van der Waals surface area contributed by atoms with E-state index in [4.69, 9.17) is 11.5 Å². The molecule has 0 aromatic carbocycles. The van der Waals surface area contributed by atoms with Gasteiger partial charge in [-0.15, -0.1) is 0 Å². The molecule has 0 spiro atoms. The molecule has 7 nitrogen and oxygen atoms in total. The minimum atomic E-state index is -0.776. The summed E-state index contributed by atoms with van der Waals surface area (Å²) in [5.41, 5.74) is 17.5. The smallest absolute Gasteiger partial charge is 0.153 e. The molecule has 0 heterocycles. The van der Waals surface area contributed by atoms with E-state index >= 15 is 0 Å². The van der Waals surface area contributed by atoms with Crippen molar-refractivity contribution in [2.24, 2.45) is 11.5 Å². The molecular weight excluding hydrogens is 362 g/mol. The predicted molar refractivity (Wildman–Crippen MR) is 127 cm³/mol. The molecule has 0 amide bonds. The standard InChI is InChI=1S/C22H45N7/c1-13-17(21(23,26(5)6)27(7)8)19(15-3)25-20(16-4)18(14-2)22(24,28(9)10)29(11)12/h13-16,25H,23-24H2,1-12H3. The van der Waals surface area contributed by atoms with Crippen LogP contribution in [0.4, 0.5) is 0 Å². The molecule has 0 aliphatic carbocycles. The first kappa shape index (κ1) is 27.5. The summed E-state index contributed by atoms with van der Waals surface area (Å²) in [7, 11) is 15.8. The van der Waals surface area contributed by atoms with Gasteiger partial charge in [0.05, 0.1) is 0 Å². The number of likely N-dealkylation sites (N-methyl/N-ethyl adjacent to an activating group) is 4. The largest absolute Gasteiger partial charge is 0.355 e. The van der Waals surface area contributed by atoms with Gasteiger partial charge in [0.2, 0.25) is 0 Å². The SMILES string of the molecule is CC=C(NC(=CC)C(=CC)C(N)(N(C)C)N(C)C)C(=CC)C(N)(N(C)C)N(C)C. The molecule has 0 fully saturated rings. The van der Waals surface area contributed by atoms with Crippen molar-refractivity contribution in [1.29, 1.82) is 0 Å². The summed E-state index contributed by atoms with van der Waals surface area (Å²) >= 11 is 0. The van der Waals surface area contributed by atoms with Gasteiger partial charge in [-0.3, -0.25) is 31.1 Å². The monoisotopic (exact) mass is 407 g/mol. The lowest BCUT2D eigenvalue weighted by atomic mass is 9.98. The van der Waals surface area contributed by atoms with Gasteiger partial charge < -0.3 is 5.32 Å². The van der Waals surface area contributed by atoms with Crippen LogP contribution in [0.3, 0.4) is 0 Å². The summed E-state index contributed by atoms with van der Waals surface area (Å²) in [6, 6.07) is 0. The van der Waals surface area contributed by atoms with E-state index in [9.17, 15) is 0 Å². The van der Waals surface area contributed by atoms with Crippen LogP contribution in [0.1, 0.15) is 27.7 Å².